The van der Waals surface area contributed by atoms with E-state index in [1.165, 1.54) is 5.39 Å². The third-order valence-corrected chi connectivity index (χ3v) is 2.93. The quantitative estimate of drug-likeness (QED) is 0.638. The van der Waals surface area contributed by atoms with Gasteiger partial charge in [-0.05, 0) is 22.9 Å². The average Bonchev–Trinajstić information content (AvgIpc) is 2.47. The van der Waals surface area contributed by atoms with Crippen LogP contribution in [-0.2, 0) is 0 Å². The van der Waals surface area contributed by atoms with Crippen LogP contribution in [0.4, 0.5) is 0 Å². The lowest BCUT2D eigenvalue weighted by Crippen LogP contribution is -1.88. The fraction of sp³-hybridized carbons (Fsp3) is 0. The van der Waals surface area contributed by atoms with Crippen molar-refractivity contribution >= 4 is 10.8 Å². The smallest absolute Gasteiger partial charge is 0.141 e. The Morgan fingerprint density at radius 3 is 2.50 bits per heavy atom. The highest BCUT2D eigenvalue weighted by atomic mass is 14.7. The molecule has 2 heteroatoms. The molecule has 0 unspecified atom stereocenters. The van der Waals surface area contributed by atoms with Crippen LogP contribution in [-0.4, -0.2) is 4.98 Å². The normalized spacial score (nSPS) is 10.2. The second-order valence-corrected chi connectivity index (χ2v) is 4.05. The van der Waals surface area contributed by atoms with Crippen molar-refractivity contribution in [1.29, 1.82) is 5.26 Å². The summed E-state index contributed by atoms with van der Waals surface area (Å²) in [6, 6.07) is 21.9. The number of nitrogens with zero attached hydrogens (tertiary/aromatic N) is 2. The average molecular weight is 230 g/mol. The zero-order valence-electron chi connectivity index (χ0n) is 9.67. The van der Waals surface area contributed by atoms with Crippen molar-refractivity contribution in [3.63, 3.8) is 0 Å². The predicted molar refractivity (Wildman–Crippen MR) is 71.9 cm³/mol. The molecule has 0 aliphatic carbocycles. The standard InChI is InChI=1S/C16H10N2/c17-11-13-7-4-10-16(18-13)15-9-3-6-12-5-1-2-8-14(12)15/h1-10H. The molecule has 0 amide bonds. The van der Waals surface area contributed by atoms with Crippen molar-refractivity contribution in [2.24, 2.45) is 0 Å². The number of hydrogen-bond donors (Lipinski definition) is 0. The topological polar surface area (TPSA) is 36.7 Å². The molecule has 0 spiro atoms. The molecule has 0 radical (unpaired) electrons. The van der Waals surface area contributed by atoms with E-state index in [-0.39, 0.29) is 0 Å². The summed E-state index contributed by atoms with van der Waals surface area (Å²) in [6.45, 7) is 0. The summed E-state index contributed by atoms with van der Waals surface area (Å²) >= 11 is 0. The summed E-state index contributed by atoms with van der Waals surface area (Å²) in [5.74, 6) is 0. The highest BCUT2D eigenvalue weighted by molar-refractivity contribution is 5.95. The second kappa shape index (κ2) is 4.31. The van der Waals surface area contributed by atoms with E-state index in [1.54, 1.807) is 6.07 Å². The molecule has 2 nitrogen and oxygen atoms in total. The van der Waals surface area contributed by atoms with Gasteiger partial charge in [0.25, 0.3) is 0 Å². The molecule has 0 aliphatic heterocycles. The van der Waals surface area contributed by atoms with Gasteiger partial charge in [-0.3, -0.25) is 0 Å². The molecule has 1 aromatic heterocycles. The maximum Gasteiger partial charge on any atom is 0.141 e. The lowest BCUT2D eigenvalue weighted by atomic mass is 10.0. The Kier molecular flexibility index (Phi) is 2.51. The molecular weight excluding hydrogens is 220 g/mol. The van der Waals surface area contributed by atoms with Gasteiger partial charge in [-0.15, -0.1) is 0 Å². The molecule has 3 aromatic rings. The summed E-state index contributed by atoms with van der Waals surface area (Å²) in [4.78, 5) is 4.35. The number of hydrogen-bond acceptors (Lipinski definition) is 2. The van der Waals surface area contributed by atoms with E-state index in [0.29, 0.717) is 5.69 Å². The molecule has 84 valence electrons. The lowest BCUT2D eigenvalue weighted by Gasteiger charge is -2.05. The minimum atomic E-state index is 0.445. The molecule has 0 saturated carbocycles. The molecule has 0 bridgehead atoms. The van der Waals surface area contributed by atoms with Crippen LogP contribution in [0.2, 0.25) is 0 Å². The highest BCUT2D eigenvalue weighted by Gasteiger charge is 2.04. The Balaban J connectivity index is 2.28. The molecule has 1 heterocycles. The summed E-state index contributed by atoms with van der Waals surface area (Å²) in [5.41, 5.74) is 2.34. The van der Waals surface area contributed by atoms with Gasteiger partial charge >= 0.3 is 0 Å². The molecule has 3 rings (SSSR count). The highest BCUT2D eigenvalue weighted by Crippen LogP contribution is 2.27. The van der Waals surface area contributed by atoms with Gasteiger partial charge < -0.3 is 0 Å². The van der Waals surface area contributed by atoms with Gasteiger partial charge in [-0.1, -0.05) is 48.5 Å². The van der Waals surface area contributed by atoms with Crippen LogP contribution in [0, 0.1) is 11.3 Å². The largest absolute Gasteiger partial charge is 0.237 e. The minimum absolute atomic E-state index is 0.445. The first-order valence-corrected chi connectivity index (χ1v) is 5.74. The monoisotopic (exact) mass is 230 g/mol. The van der Waals surface area contributed by atoms with Gasteiger partial charge in [-0.2, -0.15) is 5.26 Å². The molecule has 18 heavy (non-hydrogen) atoms. The van der Waals surface area contributed by atoms with Crippen molar-refractivity contribution in [1.82, 2.24) is 4.98 Å². The van der Waals surface area contributed by atoms with Crippen molar-refractivity contribution in [2.75, 3.05) is 0 Å². The van der Waals surface area contributed by atoms with Gasteiger partial charge in [0, 0.05) is 5.56 Å². The Morgan fingerprint density at radius 1 is 0.833 bits per heavy atom. The Labute approximate surface area is 105 Å². The van der Waals surface area contributed by atoms with Gasteiger partial charge in [-0.25, -0.2) is 4.98 Å². The van der Waals surface area contributed by atoms with Gasteiger partial charge in [0.1, 0.15) is 11.8 Å². The van der Waals surface area contributed by atoms with E-state index in [0.717, 1.165) is 16.6 Å². The number of nitriles is 1. The van der Waals surface area contributed by atoms with Crippen molar-refractivity contribution in [2.45, 2.75) is 0 Å². The molecule has 0 aliphatic rings. The minimum Gasteiger partial charge on any atom is -0.237 e. The van der Waals surface area contributed by atoms with Crippen molar-refractivity contribution in [3.8, 4) is 17.3 Å². The fourth-order valence-electron chi connectivity index (χ4n) is 2.10. The van der Waals surface area contributed by atoms with E-state index >= 15 is 0 Å². The zero-order valence-corrected chi connectivity index (χ0v) is 9.67. The molecule has 0 fully saturated rings. The maximum atomic E-state index is 8.91. The SMILES string of the molecule is N#Cc1cccc(-c2cccc3ccccc23)n1. The number of rotatable bonds is 1. The summed E-state index contributed by atoms with van der Waals surface area (Å²) < 4.78 is 0. The maximum absolute atomic E-state index is 8.91. The van der Waals surface area contributed by atoms with Crippen LogP contribution < -0.4 is 0 Å². The van der Waals surface area contributed by atoms with Crippen LogP contribution in [0.25, 0.3) is 22.0 Å². The predicted octanol–water partition coefficient (Wildman–Crippen LogP) is 3.77. The third-order valence-electron chi connectivity index (χ3n) is 2.93. The number of benzene rings is 2. The fourth-order valence-corrected chi connectivity index (χ4v) is 2.10. The first-order valence-electron chi connectivity index (χ1n) is 5.74. The zero-order chi connectivity index (χ0) is 12.4. The van der Waals surface area contributed by atoms with E-state index in [1.807, 2.05) is 36.4 Å². The van der Waals surface area contributed by atoms with E-state index in [9.17, 15) is 0 Å². The Hall–Kier alpha value is -2.66. The van der Waals surface area contributed by atoms with Gasteiger partial charge in [0.2, 0.25) is 0 Å². The second-order valence-electron chi connectivity index (χ2n) is 4.05. The van der Waals surface area contributed by atoms with Crippen LogP contribution in [0.3, 0.4) is 0 Å². The summed E-state index contributed by atoms with van der Waals surface area (Å²) in [5, 5.41) is 11.2. The van der Waals surface area contributed by atoms with Gasteiger partial charge in [0.05, 0.1) is 5.69 Å². The van der Waals surface area contributed by atoms with Crippen LogP contribution in [0.5, 0.6) is 0 Å². The van der Waals surface area contributed by atoms with E-state index < -0.39 is 0 Å². The van der Waals surface area contributed by atoms with Crippen molar-refractivity contribution < 1.29 is 0 Å². The molecule has 0 N–H and O–H groups in total. The molecule has 0 atom stereocenters. The Bertz CT molecular complexity index is 749. The number of fused-ring (bicyclic) bond motifs is 1. The Morgan fingerprint density at radius 2 is 1.61 bits per heavy atom. The summed E-state index contributed by atoms with van der Waals surface area (Å²) in [7, 11) is 0. The van der Waals surface area contributed by atoms with Crippen molar-refractivity contribution in [3.05, 3.63) is 66.4 Å². The first kappa shape index (κ1) is 10.5. The van der Waals surface area contributed by atoms with E-state index in [4.69, 9.17) is 5.26 Å². The molecular formula is C16H10N2. The number of pyridine rings is 1. The van der Waals surface area contributed by atoms with E-state index in [2.05, 4.69) is 29.3 Å². The van der Waals surface area contributed by atoms with Crippen LogP contribution in [0.1, 0.15) is 5.69 Å². The lowest BCUT2D eigenvalue weighted by molar-refractivity contribution is 1.27. The number of aromatic nitrogens is 1. The first-order chi connectivity index (χ1) is 8.88. The van der Waals surface area contributed by atoms with Crippen LogP contribution >= 0.6 is 0 Å². The molecule has 2 aromatic carbocycles. The summed E-state index contributed by atoms with van der Waals surface area (Å²) in [6.07, 6.45) is 0. The van der Waals surface area contributed by atoms with Crippen LogP contribution in [0.15, 0.2) is 60.7 Å². The van der Waals surface area contributed by atoms with Gasteiger partial charge in [0.15, 0.2) is 0 Å². The molecule has 0 saturated heterocycles. The third kappa shape index (κ3) is 1.72.